The second kappa shape index (κ2) is 7.46. The van der Waals surface area contributed by atoms with Crippen LogP contribution in [0.5, 0.6) is 5.75 Å². The number of amides is 1. The average molecular weight is 448 g/mol. The molecule has 6 nitrogen and oxygen atoms in total. The van der Waals surface area contributed by atoms with E-state index in [2.05, 4.69) is 15.4 Å². The van der Waals surface area contributed by atoms with Gasteiger partial charge in [-0.25, -0.2) is 4.39 Å². The molecule has 2 saturated carbocycles. The van der Waals surface area contributed by atoms with Gasteiger partial charge in [-0.3, -0.25) is 14.9 Å². The van der Waals surface area contributed by atoms with Gasteiger partial charge in [-0.05, 0) is 54.9 Å². The van der Waals surface area contributed by atoms with Gasteiger partial charge in [0, 0.05) is 23.6 Å². The van der Waals surface area contributed by atoms with Crippen molar-refractivity contribution in [2.75, 3.05) is 5.32 Å². The summed E-state index contributed by atoms with van der Waals surface area (Å²) in [5.74, 6) is 0.169. The number of benzene rings is 1. The topological polar surface area (TPSA) is 79.9 Å². The number of aromatic amines is 1. The Morgan fingerprint density at radius 3 is 2.66 bits per heavy atom. The van der Waals surface area contributed by atoms with Gasteiger partial charge in [-0.15, -0.1) is 0 Å². The molecule has 5 rings (SSSR count). The number of pyridine rings is 1. The molecule has 3 unspecified atom stereocenters. The molecule has 0 saturated heterocycles. The molecule has 168 valence electrons. The number of aromatic nitrogens is 3. The second-order valence-electron chi connectivity index (χ2n) is 8.53. The summed E-state index contributed by atoms with van der Waals surface area (Å²) in [5.41, 5.74) is -0.352. The van der Waals surface area contributed by atoms with Gasteiger partial charge in [0.05, 0.1) is 11.6 Å². The number of halogens is 4. The molecule has 10 heteroatoms. The van der Waals surface area contributed by atoms with Crippen molar-refractivity contribution >= 4 is 22.6 Å². The summed E-state index contributed by atoms with van der Waals surface area (Å²) >= 11 is 0. The van der Waals surface area contributed by atoms with E-state index in [0.717, 1.165) is 18.9 Å². The second-order valence-corrected chi connectivity index (χ2v) is 8.53. The monoisotopic (exact) mass is 448 g/mol. The molecule has 2 aliphatic rings. The largest absolute Gasteiger partial charge is 0.490 e. The van der Waals surface area contributed by atoms with Gasteiger partial charge < -0.3 is 10.1 Å². The third-order valence-corrected chi connectivity index (χ3v) is 6.55. The highest BCUT2D eigenvalue weighted by Crippen LogP contribution is 2.61. The van der Waals surface area contributed by atoms with Crippen molar-refractivity contribution in [2.24, 2.45) is 23.7 Å². The van der Waals surface area contributed by atoms with Crippen molar-refractivity contribution in [3.05, 3.63) is 48.0 Å². The number of carbonyl (C=O) groups is 1. The van der Waals surface area contributed by atoms with Crippen LogP contribution in [-0.4, -0.2) is 27.2 Å². The number of fused-ring (bicyclic) bond motifs is 2. The molecule has 3 aromatic rings. The van der Waals surface area contributed by atoms with Crippen LogP contribution in [0.1, 0.15) is 25.5 Å². The van der Waals surface area contributed by atoms with Crippen molar-refractivity contribution in [1.29, 1.82) is 0 Å². The lowest BCUT2D eigenvalue weighted by Crippen LogP contribution is -2.25. The van der Waals surface area contributed by atoms with Crippen LogP contribution in [0.2, 0.25) is 0 Å². The van der Waals surface area contributed by atoms with E-state index >= 15 is 0 Å². The zero-order valence-electron chi connectivity index (χ0n) is 17.0. The van der Waals surface area contributed by atoms with Crippen molar-refractivity contribution in [2.45, 2.75) is 32.0 Å². The molecular weight excluding hydrogens is 428 g/mol. The van der Waals surface area contributed by atoms with Crippen molar-refractivity contribution in [3.8, 4) is 5.75 Å². The van der Waals surface area contributed by atoms with E-state index in [1.54, 1.807) is 25.3 Å². The first-order chi connectivity index (χ1) is 15.2. The van der Waals surface area contributed by atoms with Gasteiger partial charge in [-0.2, -0.15) is 18.3 Å². The molecule has 1 amide bonds. The fourth-order valence-corrected chi connectivity index (χ4v) is 5.00. The van der Waals surface area contributed by atoms with Gasteiger partial charge in [-0.1, -0.05) is 6.92 Å². The molecule has 0 spiro atoms. The van der Waals surface area contributed by atoms with Crippen molar-refractivity contribution in [3.63, 3.8) is 0 Å². The van der Waals surface area contributed by atoms with Gasteiger partial charge in [0.2, 0.25) is 5.91 Å². The molecule has 32 heavy (non-hydrogen) atoms. The Bertz CT molecular complexity index is 1170. The third kappa shape index (κ3) is 3.78. The summed E-state index contributed by atoms with van der Waals surface area (Å²) in [4.78, 5) is 16.7. The molecule has 0 aliphatic heterocycles. The number of anilines is 1. The first-order valence-electron chi connectivity index (χ1n) is 10.3. The van der Waals surface area contributed by atoms with E-state index in [9.17, 15) is 22.4 Å². The Kier molecular flexibility index (Phi) is 4.83. The number of carbonyl (C=O) groups excluding carboxylic acids is 1. The number of rotatable bonds is 5. The number of ether oxygens (including phenoxy) is 1. The van der Waals surface area contributed by atoms with E-state index < -0.39 is 11.9 Å². The molecule has 0 radical (unpaired) electrons. The third-order valence-electron chi connectivity index (χ3n) is 6.55. The highest BCUT2D eigenvalue weighted by atomic mass is 19.4. The number of nitrogens with zero attached hydrogens (tertiary/aromatic N) is 2. The fraction of sp³-hybridized carbons (Fsp3) is 0.409. The lowest BCUT2D eigenvalue weighted by atomic mass is 9.97. The summed E-state index contributed by atoms with van der Waals surface area (Å²) in [5, 5.41) is 8.49. The number of hydrogen-bond donors (Lipinski definition) is 2. The number of alkyl halides is 3. The van der Waals surface area contributed by atoms with Crippen LogP contribution in [0.15, 0.2) is 36.5 Å². The Labute approximate surface area is 180 Å². The zero-order chi connectivity index (χ0) is 22.6. The fourth-order valence-electron chi connectivity index (χ4n) is 5.00. The lowest BCUT2D eigenvalue weighted by molar-refractivity contribution is -0.141. The molecule has 3 atom stereocenters. The molecule has 2 fully saturated rings. The predicted octanol–water partition coefficient (Wildman–Crippen LogP) is 4.79. The molecular formula is C22H20F4N4O2. The minimum atomic E-state index is -4.55. The normalized spacial score (nSPS) is 25.4. The van der Waals surface area contributed by atoms with Crippen LogP contribution in [0.3, 0.4) is 0 Å². The zero-order valence-corrected chi connectivity index (χ0v) is 17.0. The standard InChI is InChI=1S/C22H20F4N4O2/c1-10(21(31)28-19-9-18(29-30-19)22(24,25)26)20-13-7-12(8-14(13)20)32-17-4-5-27-16-3-2-11(23)6-15(16)17/h2-6,9-10,12-14,20H,7-8H2,1H3,(H2,28,29,30,31). The molecule has 2 heterocycles. The molecule has 1 aromatic carbocycles. The molecule has 2 N–H and O–H groups in total. The first-order valence-corrected chi connectivity index (χ1v) is 10.3. The van der Waals surface area contributed by atoms with E-state index in [1.807, 2.05) is 5.10 Å². The average Bonchev–Trinajstić information content (AvgIpc) is 3.08. The highest BCUT2D eigenvalue weighted by molar-refractivity contribution is 5.92. The Morgan fingerprint density at radius 1 is 1.22 bits per heavy atom. The lowest BCUT2D eigenvalue weighted by Gasteiger charge is -2.20. The minimum Gasteiger partial charge on any atom is -0.490 e. The quantitative estimate of drug-likeness (QED) is 0.550. The van der Waals surface area contributed by atoms with Crippen molar-refractivity contribution in [1.82, 2.24) is 15.2 Å². The molecule has 0 bridgehead atoms. The summed E-state index contributed by atoms with van der Waals surface area (Å²) in [6.45, 7) is 1.78. The van der Waals surface area contributed by atoms with Crippen LogP contribution in [-0.2, 0) is 11.0 Å². The molecule has 2 aliphatic carbocycles. The van der Waals surface area contributed by atoms with Crippen LogP contribution in [0.25, 0.3) is 10.9 Å². The summed E-state index contributed by atoms with van der Waals surface area (Å²) in [7, 11) is 0. The first kappa shape index (κ1) is 20.7. The van der Waals surface area contributed by atoms with Gasteiger partial charge in [0.15, 0.2) is 5.82 Å². The summed E-state index contributed by atoms with van der Waals surface area (Å²) in [6.07, 6.45) is -1.42. The number of H-pyrrole nitrogens is 1. The van der Waals surface area contributed by atoms with Crippen LogP contribution in [0, 0.1) is 29.5 Å². The van der Waals surface area contributed by atoms with E-state index in [4.69, 9.17) is 4.74 Å². The smallest absolute Gasteiger partial charge is 0.432 e. The van der Waals surface area contributed by atoms with Gasteiger partial charge in [0.25, 0.3) is 0 Å². The van der Waals surface area contributed by atoms with Gasteiger partial charge in [0.1, 0.15) is 17.3 Å². The maximum atomic E-state index is 13.6. The Morgan fingerprint density at radius 2 is 1.97 bits per heavy atom. The Balaban J connectivity index is 1.18. The Hall–Kier alpha value is -3.17. The van der Waals surface area contributed by atoms with Gasteiger partial charge >= 0.3 is 6.18 Å². The van der Waals surface area contributed by atoms with Crippen LogP contribution in [0.4, 0.5) is 23.4 Å². The van der Waals surface area contributed by atoms with Crippen LogP contribution >= 0.6 is 0 Å². The number of hydrogen-bond acceptors (Lipinski definition) is 4. The maximum absolute atomic E-state index is 13.6. The predicted molar refractivity (Wildman–Crippen MR) is 107 cm³/mol. The maximum Gasteiger partial charge on any atom is 0.432 e. The van der Waals surface area contributed by atoms with E-state index in [-0.39, 0.29) is 35.5 Å². The van der Waals surface area contributed by atoms with Crippen molar-refractivity contribution < 1.29 is 27.1 Å². The van der Waals surface area contributed by atoms with E-state index in [0.29, 0.717) is 28.5 Å². The SMILES string of the molecule is CC(C(=O)Nc1cc(C(F)(F)F)[nH]n1)C1C2CC(Oc3ccnc4ccc(F)cc34)CC21. The molecule has 2 aromatic heterocycles. The van der Waals surface area contributed by atoms with Crippen LogP contribution < -0.4 is 10.1 Å². The van der Waals surface area contributed by atoms with E-state index in [1.165, 1.54) is 12.1 Å². The number of nitrogens with one attached hydrogen (secondary N) is 2. The summed E-state index contributed by atoms with van der Waals surface area (Å²) in [6, 6.07) is 6.87. The minimum absolute atomic E-state index is 0.0361. The summed E-state index contributed by atoms with van der Waals surface area (Å²) < 4.78 is 57.8. The highest BCUT2D eigenvalue weighted by Gasteiger charge is 2.59.